The van der Waals surface area contributed by atoms with Crippen molar-refractivity contribution in [3.63, 3.8) is 0 Å². The number of Topliss-reactive ketones (excluding diaryl/α,β-unsaturated/α-hetero) is 2. The van der Waals surface area contributed by atoms with Crippen LogP contribution in [0, 0.1) is 13.8 Å². The maximum Gasteiger partial charge on any atom is 0.264 e. The zero-order valence-corrected chi connectivity index (χ0v) is 18.5. The van der Waals surface area contributed by atoms with Crippen molar-refractivity contribution in [2.45, 2.75) is 18.7 Å². The fraction of sp³-hybridized carbons (Fsp3) is 0.0952. The smallest absolute Gasteiger partial charge is 0.264 e. The van der Waals surface area contributed by atoms with Gasteiger partial charge < -0.3 is 5.32 Å². The number of carbonyl (C=O) groups excluding carboxylic acids is 2. The molecule has 1 aliphatic rings. The monoisotopic (exact) mass is 469 g/mol. The number of halogens is 1. The van der Waals surface area contributed by atoms with E-state index < -0.39 is 21.6 Å². The van der Waals surface area contributed by atoms with Gasteiger partial charge in [0.25, 0.3) is 10.0 Å². The van der Waals surface area contributed by atoms with Crippen molar-refractivity contribution in [2.75, 3.05) is 10.0 Å². The summed E-state index contributed by atoms with van der Waals surface area (Å²) in [7, 11) is -3.94. The topological polar surface area (TPSA) is 131 Å². The Balaban J connectivity index is 1.57. The number of pyridine rings is 1. The summed E-state index contributed by atoms with van der Waals surface area (Å²) in [5, 5.41) is 2.52. The van der Waals surface area contributed by atoms with Crippen LogP contribution >= 0.6 is 11.6 Å². The molecule has 3 aromatic rings. The summed E-state index contributed by atoms with van der Waals surface area (Å²) >= 11 is 6.11. The quantitative estimate of drug-likeness (QED) is 0.582. The highest BCUT2D eigenvalue weighted by atomic mass is 35.5. The van der Waals surface area contributed by atoms with Gasteiger partial charge in [0.05, 0.1) is 10.5 Å². The Bertz CT molecular complexity index is 1380. The fourth-order valence-corrected chi connectivity index (χ4v) is 4.31. The highest BCUT2D eigenvalue weighted by Gasteiger charge is 2.32. The molecular formula is C21H16ClN5O4S. The maximum absolute atomic E-state index is 12.7. The van der Waals surface area contributed by atoms with E-state index in [1.54, 1.807) is 26.0 Å². The number of ketones is 2. The summed E-state index contributed by atoms with van der Waals surface area (Å²) in [5.74, 6) is -1.08. The molecule has 2 heterocycles. The molecule has 0 fully saturated rings. The van der Waals surface area contributed by atoms with Crippen LogP contribution in [0.25, 0.3) is 0 Å². The van der Waals surface area contributed by atoms with Gasteiger partial charge in [0.2, 0.25) is 17.5 Å². The number of nitrogens with zero attached hydrogens (tertiary/aromatic N) is 3. The lowest BCUT2D eigenvalue weighted by molar-refractivity contribution is 0.0978. The van der Waals surface area contributed by atoms with Gasteiger partial charge in [-0.1, -0.05) is 11.6 Å². The number of fused-ring (bicyclic) bond motifs is 1. The van der Waals surface area contributed by atoms with Gasteiger partial charge in [0.15, 0.2) is 0 Å². The van der Waals surface area contributed by atoms with Crippen LogP contribution in [-0.2, 0) is 10.0 Å². The molecule has 0 saturated carbocycles. The van der Waals surface area contributed by atoms with Gasteiger partial charge in [-0.05, 0) is 56.3 Å². The van der Waals surface area contributed by atoms with Crippen molar-refractivity contribution >= 4 is 44.8 Å². The Kier molecular flexibility index (Phi) is 5.49. The number of aryl methyl sites for hydroxylation is 2. The van der Waals surface area contributed by atoms with Crippen molar-refractivity contribution in [3.05, 3.63) is 82.0 Å². The van der Waals surface area contributed by atoms with Crippen molar-refractivity contribution in [2.24, 2.45) is 0 Å². The largest absolute Gasteiger partial charge is 0.351 e. The molecular weight excluding hydrogens is 454 g/mol. The van der Waals surface area contributed by atoms with Gasteiger partial charge in [-0.25, -0.2) is 23.1 Å². The first-order chi connectivity index (χ1) is 15.2. The Labute approximate surface area is 188 Å². The Morgan fingerprint density at radius 3 is 2.25 bits per heavy atom. The van der Waals surface area contributed by atoms with Gasteiger partial charge in [0.1, 0.15) is 16.4 Å². The normalized spacial score (nSPS) is 13.7. The molecule has 0 bridgehead atoms. The number of hydrogen-bond acceptors (Lipinski definition) is 8. The zero-order valence-electron chi connectivity index (χ0n) is 16.9. The Morgan fingerprint density at radius 1 is 0.938 bits per heavy atom. The van der Waals surface area contributed by atoms with E-state index in [1.807, 2.05) is 0 Å². The lowest BCUT2D eigenvalue weighted by Crippen LogP contribution is -2.25. The van der Waals surface area contributed by atoms with E-state index in [-0.39, 0.29) is 32.8 Å². The van der Waals surface area contributed by atoms with Gasteiger partial charge in [-0.15, -0.1) is 0 Å². The van der Waals surface area contributed by atoms with E-state index >= 15 is 0 Å². The minimum absolute atomic E-state index is 0.00540. The lowest BCUT2D eigenvalue weighted by Gasteiger charge is -2.18. The molecule has 0 saturated heterocycles. The van der Waals surface area contributed by atoms with E-state index in [0.717, 1.165) is 0 Å². The number of anilines is 2. The van der Waals surface area contributed by atoms with Crippen molar-refractivity contribution < 1.29 is 18.0 Å². The number of benzene rings is 1. The van der Waals surface area contributed by atoms with Gasteiger partial charge in [0, 0.05) is 23.3 Å². The number of nitrogens with one attached hydrogen (secondary N) is 2. The number of rotatable bonds is 5. The molecule has 4 rings (SSSR count). The van der Waals surface area contributed by atoms with Crippen LogP contribution in [-0.4, -0.2) is 34.9 Å². The van der Waals surface area contributed by atoms with Crippen molar-refractivity contribution in [3.8, 4) is 0 Å². The number of sulfonamides is 1. The molecule has 0 radical (unpaired) electrons. The average molecular weight is 470 g/mol. The second-order valence-corrected chi connectivity index (χ2v) is 9.04. The van der Waals surface area contributed by atoms with E-state index in [0.29, 0.717) is 17.1 Å². The summed E-state index contributed by atoms with van der Waals surface area (Å²) in [4.78, 5) is 37.2. The molecule has 9 nitrogen and oxygen atoms in total. The Morgan fingerprint density at radius 2 is 1.59 bits per heavy atom. The summed E-state index contributed by atoms with van der Waals surface area (Å²) in [6, 6.07) is 10.3. The molecule has 0 spiro atoms. The number of aromatic nitrogens is 3. The Hall–Kier alpha value is -3.63. The standard InChI is InChI=1S/C21H16ClN5O4S/c1-11-10-12(2)25-21(24-11)27-32(30,31)14-7-5-13(6-8-14)26-18-16(22)20(29)17-15(19(18)28)4-3-9-23-17/h3-10,26H,1-2H3,(H,24,25,27). The molecule has 162 valence electrons. The van der Waals surface area contributed by atoms with Crippen molar-refractivity contribution in [1.82, 2.24) is 15.0 Å². The van der Waals surface area contributed by atoms with E-state index in [4.69, 9.17) is 11.6 Å². The second-order valence-electron chi connectivity index (χ2n) is 6.98. The molecule has 0 unspecified atom stereocenters. The van der Waals surface area contributed by atoms with Crippen LogP contribution in [0.2, 0.25) is 0 Å². The number of carbonyl (C=O) groups is 2. The first kappa shape index (κ1) is 21.6. The van der Waals surface area contributed by atoms with Crippen LogP contribution in [0.3, 0.4) is 0 Å². The van der Waals surface area contributed by atoms with Gasteiger partial charge in [-0.3, -0.25) is 14.6 Å². The molecule has 2 N–H and O–H groups in total. The van der Waals surface area contributed by atoms with E-state index in [1.165, 1.54) is 36.5 Å². The molecule has 1 aromatic carbocycles. The highest BCUT2D eigenvalue weighted by molar-refractivity contribution is 7.92. The van der Waals surface area contributed by atoms with Crippen LogP contribution < -0.4 is 10.0 Å². The first-order valence-corrected chi connectivity index (χ1v) is 11.2. The highest BCUT2D eigenvalue weighted by Crippen LogP contribution is 2.28. The third kappa shape index (κ3) is 4.10. The SMILES string of the molecule is Cc1cc(C)nc(NS(=O)(=O)c2ccc(NC3=C(Cl)C(=O)c4ncccc4C3=O)cc2)n1. The predicted molar refractivity (Wildman–Crippen MR) is 118 cm³/mol. The predicted octanol–water partition coefficient (Wildman–Crippen LogP) is 3.23. The van der Waals surface area contributed by atoms with Crippen LogP contribution in [0.1, 0.15) is 32.2 Å². The molecule has 0 amide bonds. The molecule has 0 atom stereocenters. The van der Waals surface area contributed by atoms with Gasteiger partial charge >= 0.3 is 0 Å². The van der Waals surface area contributed by atoms with Crippen LogP contribution in [0.15, 0.2) is 64.3 Å². The minimum atomic E-state index is -3.94. The summed E-state index contributed by atoms with van der Waals surface area (Å²) in [5.41, 5.74) is 1.66. The van der Waals surface area contributed by atoms with Gasteiger partial charge in [-0.2, -0.15) is 0 Å². The molecule has 32 heavy (non-hydrogen) atoms. The summed E-state index contributed by atoms with van der Waals surface area (Å²) in [6.07, 6.45) is 1.41. The molecule has 0 aliphatic heterocycles. The number of hydrogen-bond donors (Lipinski definition) is 2. The van der Waals surface area contributed by atoms with E-state index in [2.05, 4.69) is 25.0 Å². The second kappa shape index (κ2) is 8.13. The number of allylic oxidation sites excluding steroid dienone is 2. The molecule has 2 aromatic heterocycles. The van der Waals surface area contributed by atoms with E-state index in [9.17, 15) is 18.0 Å². The van der Waals surface area contributed by atoms with Crippen molar-refractivity contribution in [1.29, 1.82) is 0 Å². The average Bonchev–Trinajstić information content (AvgIpc) is 2.74. The lowest BCUT2D eigenvalue weighted by atomic mass is 9.97. The molecule has 1 aliphatic carbocycles. The summed E-state index contributed by atoms with van der Waals surface area (Å²) < 4.78 is 27.7. The fourth-order valence-electron chi connectivity index (χ4n) is 3.15. The molecule has 11 heteroatoms. The van der Waals surface area contributed by atoms with Crippen LogP contribution in [0.4, 0.5) is 11.6 Å². The summed E-state index contributed by atoms with van der Waals surface area (Å²) in [6.45, 7) is 3.47. The third-order valence-corrected chi connectivity index (χ3v) is 6.26. The minimum Gasteiger partial charge on any atom is -0.351 e. The maximum atomic E-state index is 12.7. The third-order valence-electron chi connectivity index (χ3n) is 4.56. The zero-order chi connectivity index (χ0) is 23.0. The van der Waals surface area contributed by atoms with Crippen LogP contribution in [0.5, 0.6) is 0 Å². The first-order valence-electron chi connectivity index (χ1n) is 9.32.